The molecule has 1 amide bonds. The zero-order valence-corrected chi connectivity index (χ0v) is 14.7. The Morgan fingerprint density at radius 2 is 1.92 bits per heavy atom. The summed E-state index contributed by atoms with van der Waals surface area (Å²) in [6, 6.07) is 8.15. The van der Waals surface area contributed by atoms with Crippen LogP contribution in [0.2, 0.25) is 0 Å². The zero-order chi connectivity index (χ0) is 17.2. The summed E-state index contributed by atoms with van der Waals surface area (Å²) < 4.78 is 0. The predicted molar refractivity (Wildman–Crippen MR) is 99.1 cm³/mol. The summed E-state index contributed by atoms with van der Waals surface area (Å²) in [5.41, 5.74) is 2.82. The molecule has 1 saturated heterocycles. The normalized spacial score (nSPS) is 20.3. The van der Waals surface area contributed by atoms with Crippen LogP contribution in [0.4, 0.5) is 11.6 Å². The van der Waals surface area contributed by atoms with Gasteiger partial charge in [0.15, 0.2) is 0 Å². The third kappa shape index (κ3) is 3.23. The van der Waals surface area contributed by atoms with Crippen molar-refractivity contribution in [1.29, 1.82) is 0 Å². The van der Waals surface area contributed by atoms with Gasteiger partial charge in [0, 0.05) is 37.7 Å². The first kappa shape index (κ1) is 16.1. The second-order valence-corrected chi connectivity index (χ2v) is 7.15. The van der Waals surface area contributed by atoms with E-state index < -0.39 is 0 Å². The van der Waals surface area contributed by atoms with Crippen LogP contribution in [0.1, 0.15) is 42.1 Å². The van der Waals surface area contributed by atoms with E-state index in [9.17, 15) is 4.79 Å². The van der Waals surface area contributed by atoms with Crippen molar-refractivity contribution < 1.29 is 4.79 Å². The predicted octanol–water partition coefficient (Wildman–Crippen LogP) is 3.31. The van der Waals surface area contributed by atoms with Crippen molar-refractivity contribution in [2.45, 2.75) is 32.6 Å². The molecule has 2 aromatic rings. The number of anilines is 2. The average Bonchev–Trinajstić information content (AvgIpc) is 2.67. The van der Waals surface area contributed by atoms with Crippen molar-refractivity contribution in [3.05, 3.63) is 47.8 Å². The number of fused-ring (bicyclic) bond motifs is 1. The summed E-state index contributed by atoms with van der Waals surface area (Å²) in [7, 11) is 0. The Hall–Kier alpha value is -2.43. The van der Waals surface area contributed by atoms with Crippen LogP contribution in [0.25, 0.3) is 0 Å². The van der Waals surface area contributed by atoms with Gasteiger partial charge in [-0.05, 0) is 43.2 Å². The van der Waals surface area contributed by atoms with Crippen molar-refractivity contribution in [2.75, 3.05) is 29.4 Å². The molecule has 2 aliphatic heterocycles. The highest BCUT2D eigenvalue weighted by Crippen LogP contribution is 2.28. The molecule has 1 atom stereocenters. The summed E-state index contributed by atoms with van der Waals surface area (Å²) >= 11 is 0. The standard InChI is InChI=1S/C20H24N4O/c1-15-6-4-10-23(14-15)20-21-12-17(13-22-20)19(25)24-11-5-8-16-7-2-3-9-18(16)24/h2-3,7,9,12-13,15H,4-6,8,10-11,14H2,1H3. The number of hydrogen-bond acceptors (Lipinski definition) is 4. The lowest BCUT2D eigenvalue weighted by molar-refractivity contribution is 0.0984. The zero-order valence-electron chi connectivity index (χ0n) is 14.7. The van der Waals surface area contributed by atoms with Crippen LogP contribution >= 0.6 is 0 Å². The molecule has 1 aromatic heterocycles. The Morgan fingerprint density at radius 1 is 1.12 bits per heavy atom. The number of amides is 1. The fourth-order valence-electron chi connectivity index (χ4n) is 3.87. The Balaban J connectivity index is 1.53. The third-order valence-corrected chi connectivity index (χ3v) is 5.18. The summed E-state index contributed by atoms with van der Waals surface area (Å²) in [5, 5.41) is 0. The van der Waals surface area contributed by atoms with Gasteiger partial charge in [-0.25, -0.2) is 9.97 Å². The van der Waals surface area contributed by atoms with E-state index in [4.69, 9.17) is 0 Å². The molecule has 0 spiro atoms. The van der Waals surface area contributed by atoms with Crippen LogP contribution in [-0.4, -0.2) is 35.5 Å². The molecule has 1 unspecified atom stereocenters. The minimum absolute atomic E-state index is 0.00860. The molecule has 5 nitrogen and oxygen atoms in total. The second kappa shape index (κ2) is 6.82. The van der Waals surface area contributed by atoms with Crippen LogP contribution < -0.4 is 9.80 Å². The van der Waals surface area contributed by atoms with Gasteiger partial charge in [0.2, 0.25) is 5.95 Å². The Labute approximate surface area is 148 Å². The molecule has 0 N–H and O–H groups in total. The molecular weight excluding hydrogens is 312 g/mol. The number of piperidine rings is 1. The fraction of sp³-hybridized carbons (Fsp3) is 0.450. The first-order valence-corrected chi connectivity index (χ1v) is 9.19. The molecule has 0 saturated carbocycles. The summed E-state index contributed by atoms with van der Waals surface area (Å²) in [5.74, 6) is 1.40. The Bertz CT molecular complexity index is 759. The van der Waals surface area contributed by atoms with Gasteiger partial charge in [-0.1, -0.05) is 25.1 Å². The van der Waals surface area contributed by atoms with Crippen molar-refractivity contribution in [3.63, 3.8) is 0 Å². The number of aromatic nitrogens is 2. The van der Waals surface area contributed by atoms with E-state index in [1.54, 1.807) is 12.4 Å². The lowest BCUT2D eigenvalue weighted by Gasteiger charge is -2.31. The van der Waals surface area contributed by atoms with Crippen LogP contribution in [0, 0.1) is 5.92 Å². The average molecular weight is 336 g/mol. The van der Waals surface area contributed by atoms with Gasteiger partial charge in [-0.2, -0.15) is 0 Å². The lowest BCUT2D eigenvalue weighted by atomic mass is 10.0. The SMILES string of the molecule is CC1CCCN(c2ncc(C(=O)N3CCCc4ccccc43)cn2)C1. The number of para-hydroxylation sites is 1. The molecule has 5 heteroatoms. The van der Waals surface area contributed by atoms with E-state index in [2.05, 4.69) is 27.9 Å². The molecule has 0 aliphatic carbocycles. The molecule has 4 rings (SSSR count). The molecule has 0 bridgehead atoms. The number of nitrogens with zero attached hydrogens (tertiary/aromatic N) is 4. The minimum Gasteiger partial charge on any atom is -0.341 e. The molecule has 25 heavy (non-hydrogen) atoms. The third-order valence-electron chi connectivity index (χ3n) is 5.18. The molecule has 1 aromatic carbocycles. The maximum Gasteiger partial charge on any atom is 0.261 e. The highest BCUT2D eigenvalue weighted by atomic mass is 16.2. The van der Waals surface area contributed by atoms with Crippen LogP contribution in [0.15, 0.2) is 36.7 Å². The molecular formula is C20H24N4O. The van der Waals surface area contributed by atoms with E-state index in [0.717, 1.165) is 44.1 Å². The van der Waals surface area contributed by atoms with Gasteiger partial charge < -0.3 is 9.80 Å². The lowest BCUT2D eigenvalue weighted by Crippen LogP contribution is -2.37. The van der Waals surface area contributed by atoms with Gasteiger partial charge in [-0.3, -0.25) is 4.79 Å². The van der Waals surface area contributed by atoms with Gasteiger partial charge in [0.25, 0.3) is 5.91 Å². The molecule has 2 aliphatic rings. The minimum atomic E-state index is -0.00860. The van der Waals surface area contributed by atoms with E-state index in [0.29, 0.717) is 11.5 Å². The van der Waals surface area contributed by atoms with Crippen molar-refractivity contribution >= 4 is 17.5 Å². The van der Waals surface area contributed by atoms with Crippen LogP contribution in [0.5, 0.6) is 0 Å². The molecule has 3 heterocycles. The molecule has 130 valence electrons. The number of rotatable bonds is 2. The summed E-state index contributed by atoms with van der Waals surface area (Å²) in [6.45, 7) is 5.00. The summed E-state index contributed by atoms with van der Waals surface area (Å²) in [4.78, 5) is 26.0. The van der Waals surface area contributed by atoms with Crippen molar-refractivity contribution in [2.24, 2.45) is 5.92 Å². The van der Waals surface area contributed by atoms with E-state index in [1.807, 2.05) is 23.1 Å². The van der Waals surface area contributed by atoms with Crippen LogP contribution in [0.3, 0.4) is 0 Å². The maximum absolute atomic E-state index is 12.9. The van der Waals surface area contributed by atoms with E-state index in [1.165, 1.54) is 18.4 Å². The number of hydrogen-bond donors (Lipinski definition) is 0. The van der Waals surface area contributed by atoms with Crippen molar-refractivity contribution in [1.82, 2.24) is 9.97 Å². The first-order valence-electron chi connectivity index (χ1n) is 9.19. The Kier molecular flexibility index (Phi) is 4.38. The van der Waals surface area contributed by atoms with Crippen molar-refractivity contribution in [3.8, 4) is 0 Å². The highest BCUT2D eigenvalue weighted by molar-refractivity contribution is 6.06. The number of benzene rings is 1. The van der Waals surface area contributed by atoms with Gasteiger partial charge in [0.05, 0.1) is 5.56 Å². The number of carbonyl (C=O) groups is 1. The monoisotopic (exact) mass is 336 g/mol. The molecule has 1 fully saturated rings. The maximum atomic E-state index is 12.9. The second-order valence-electron chi connectivity index (χ2n) is 7.15. The number of carbonyl (C=O) groups excluding carboxylic acids is 1. The number of aryl methyl sites for hydroxylation is 1. The van der Waals surface area contributed by atoms with E-state index >= 15 is 0 Å². The van der Waals surface area contributed by atoms with E-state index in [-0.39, 0.29) is 5.91 Å². The van der Waals surface area contributed by atoms with Gasteiger partial charge in [0.1, 0.15) is 0 Å². The quantitative estimate of drug-likeness (QED) is 0.844. The summed E-state index contributed by atoms with van der Waals surface area (Å²) in [6.07, 6.45) is 7.83. The fourth-order valence-corrected chi connectivity index (χ4v) is 3.87. The van der Waals surface area contributed by atoms with Crippen LogP contribution in [-0.2, 0) is 6.42 Å². The smallest absolute Gasteiger partial charge is 0.261 e. The largest absolute Gasteiger partial charge is 0.341 e. The molecule has 0 radical (unpaired) electrons. The Morgan fingerprint density at radius 3 is 2.72 bits per heavy atom. The highest BCUT2D eigenvalue weighted by Gasteiger charge is 2.24. The topological polar surface area (TPSA) is 49.3 Å². The van der Waals surface area contributed by atoms with Gasteiger partial charge in [-0.15, -0.1) is 0 Å². The van der Waals surface area contributed by atoms with Gasteiger partial charge >= 0.3 is 0 Å². The first-order chi connectivity index (χ1) is 12.2.